The monoisotopic (exact) mass is 525 g/mol. The maximum Gasteiger partial charge on any atom is 0.117 e. The first kappa shape index (κ1) is 29.1. The Labute approximate surface area is 174 Å². The molecule has 0 atom stereocenters. The number of allylic oxidation sites excluding steroid dienone is 2. The zero-order valence-corrected chi connectivity index (χ0v) is 19.7. The molecule has 144 valence electrons. The minimum Gasteiger partial charge on any atom is -0.508 e. The summed E-state index contributed by atoms with van der Waals surface area (Å²) in [5.74, 6) is 0.311. The Morgan fingerprint density at radius 3 is 2.04 bits per heavy atom. The topological polar surface area (TPSA) is 40.5 Å². The first-order valence-corrected chi connectivity index (χ1v) is 8.74. The van der Waals surface area contributed by atoms with Crippen LogP contribution < -0.4 is 0 Å². The number of phenols is 1. The van der Waals surface area contributed by atoms with Crippen molar-refractivity contribution in [2.24, 2.45) is 0 Å². The minimum absolute atomic E-state index is 0. The predicted molar refractivity (Wildman–Crippen MR) is 111 cm³/mol. The van der Waals surface area contributed by atoms with Crippen LogP contribution in [0.2, 0.25) is 0 Å². The van der Waals surface area contributed by atoms with Gasteiger partial charge in [-0.1, -0.05) is 57.5 Å². The Kier molecular flexibility index (Phi) is 22.1. The zero-order chi connectivity index (χ0) is 19.7. The average Bonchev–Trinajstić information content (AvgIpc) is 2.69. The van der Waals surface area contributed by atoms with Crippen molar-refractivity contribution in [3.8, 4) is 16.9 Å². The van der Waals surface area contributed by atoms with Gasteiger partial charge in [-0.15, -0.1) is 48.6 Å². The van der Waals surface area contributed by atoms with Gasteiger partial charge in [0.2, 0.25) is 0 Å². The average molecular weight is 525 g/mol. The predicted octanol–water partition coefficient (Wildman–Crippen LogP) is 5.97. The number of phenolic OH excluding ortho intramolecular Hbond substituents is 1. The van der Waals surface area contributed by atoms with Crippen LogP contribution >= 0.6 is 0 Å². The van der Waals surface area contributed by atoms with E-state index in [2.05, 4.69) is 25.3 Å². The van der Waals surface area contributed by atoms with Gasteiger partial charge in [0.05, 0.1) is 0 Å². The van der Waals surface area contributed by atoms with Crippen molar-refractivity contribution in [2.75, 3.05) is 7.11 Å². The SMILES string of the molecule is C=CCc1cc[c-]c(-c2ccc(O)c(CC=C)c2)c1.CC.CC.CO.[W]. The number of rotatable bonds is 5. The van der Waals surface area contributed by atoms with Crippen LogP contribution in [-0.4, -0.2) is 17.3 Å². The van der Waals surface area contributed by atoms with Crippen LogP contribution in [0.25, 0.3) is 11.1 Å². The summed E-state index contributed by atoms with van der Waals surface area (Å²) in [7, 11) is 1.00. The number of hydrogen-bond donors (Lipinski definition) is 2. The third kappa shape index (κ3) is 10.4. The standard InChI is InChI=1S/C18H17O.2C2H6.CH4O.W/c1-3-6-14-8-5-9-15(12-14)16-10-11-18(19)17(13-16)7-4-2;3*1-2;/h3-5,8,10-13,19H,1-2,6-7H2;2*1-2H3;2H,1H3;/q-1;;;;. The Morgan fingerprint density at radius 1 is 0.923 bits per heavy atom. The fourth-order valence-electron chi connectivity index (χ4n) is 2.05. The summed E-state index contributed by atoms with van der Waals surface area (Å²) in [6.07, 6.45) is 5.18. The van der Waals surface area contributed by atoms with Crippen molar-refractivity contribution in [3.63, 3.8) is 0 Å². The second-order valence-corrected chi connectivity index (χ2v) is 4.44. The number of aromatic hydroxyl groups is 1. The molecule has 0 bridgehead atoms. The van der Waals surface area contributed by atoms with Gasteiger partial charge in [0.1, 0.15) is 5.75 Å². The number of benzene rings is 2. The summed E-state index contributed by atoms with van der Waals surface area (Å²) in [5, 5.41) is 16.8. The van der Waals surface area contributed by atoms with Crippen LogP contribution in [0, 0.1) is 6.07 Å². The Balaban J connectivity index is -0.000000686. The van der Waals surface area contributed by atoms with Gasteiger partial charge < -0.3 is 10.2 Å². The maximum absolute atomic E-state index is 9.78. The number of hydrogen-bond acceptors (Lipinski definition) is 2. The molecule has 0 unspecified atom stereocenters. The minimum atomic E-state index is 0. The van der Waals surface area contributed by atoms with Crippen LogP contribution in [0.3, 0.4) is 0 Å². The van der Waals surface area contributed by atoms with E-state index in [4.69, 9.17) is 5.11 Å². The van der Waals surface area contributed by atoms with E-state index in [1.54, 1.807) is 12.1 Å². The molecule has 2 N–H and O–H groups in total. The summed E-state index contributed by atoms with van der Waals surface area (Å²) in [5.41, 5.74) is 4.18. The van der Waals surface area contributed by atoms with Crippen LogP contribution in [0.4, 0.5) is 0 Å². The molecule has 0 fully saturated rings. The molecule has 0 heterocycles. The maximum atomic E-state index is 9.78. The Hall–Kier alpha value is -1.63. The molecule has 26 heavy (non-hydrogen) atoms. The first-order chi connectivity index (χ1) is 12.2. The largest absolute Gasteiger partial charge is 0.508 e. The fourth-order valence-corrected chi connectivity index (χ4v) is 2.05. The van der Waals surface area contributed by atoms with Crippen LogP contribution in [0.15, 0.2) is 61.7 Å². The molecular formula is C23H33O2W-. The molecule has 0 saturated carbocycles. The van der Waals surface area contributed by atoms with Crippen molar-refractivity contribution in [1.29, 1.82) is 0 Å². The second-order valence-electron chi connectivity index (χ2n) is 4.44. The molecule has 0 radical (unpaired) electrons. The van der Waals surface area contributed by atoms with Gasteiger partial charge in [-0.2, -0.15) is 0 Å². The molecule has 2 rings (SSSR count). The Morgan fingerprint density at radius 2 is 1.50 bits per heavy atom. The van der Waals surface area contributed by atoms with Gasteiger partial charge >= 0.3 is 0 Å². The second kappa shape index (κ2) is 19.7. The molecule has 0 aliphatic heterocycles. The van der Waals surface area contributed by atoms with E-state index in [-0.39, 0.29) is 21.1 Å². The molecule has 2 nitrogen and oxygen atoms in total. The third-order valence-electron chi connectivity index (χ3n) is 3.00. The van der Waals surface area contributed by atoms with E-state index < -0.39 is 0 Å². The third-order valence-corrected chi connectivity index (χ3v) is 3.00. The molecule has 0 aromatic heterocycles. The normalized spacial score (nSPS) is 8.08. The molecule has 3 heteroatoms. The van der Waals surface area contributed by atoms with Gasteiger partial charge in [0.25, 0.3) is 0 Å². The van der Waals surface area contributed by atoms with Crippen LogP contribution in [0.5, 0.6) is 5.75 Å². The van der Waals surface area contributed by atoms with E-state index in [1.165, 1.54) is 5.56 Å². The summed E-state index contributed by atoms with van der Waals surface area (Å²) in [6.45, 7) is 15.5. The van der Waals surface area contributed by atoms with Crippen molar-refractivity contribution in [3.05, 3.63) is 78.9 Å². The summed E-state index contributed by atoms with van der Waals surface area (Å²) in [6, 6.07) is 14.9. The number of aliphatic hydroxyl groups is 1. The zero-order valence-electron chi connectivity index (χ0n) is 16.7. The first-order valence-electron chi connectivity index (χ1n) is 8.74. The summed E-state index contributed by atoms with van der Waals surface area (Å²) < 4.78 is 0. The Bertz CT molecular complexity index is 607. The van der Waals surface area contributed by atoms with Crippen LogP contribution in [-0.2, 0) is 33.9 Å². The van der Waals surface area contributed by atoms with Crippen molar-refractivity contribution in [1.82, 2.24) is 0 Å². The van der Waals surface area contributed by atoms with Gasteiger partial charge in [-0.05, 0) is 24.5 Å². The van der Waals surface area contributed by atoms with Crippen molar-refractivity contribution < 1.29 is 31.3 Å². The molecular weight excluding hydrogens is 492 g/mol. The van der Waals surface area contributed by atoms with Gasteiger partial charge in [-0.25, -0.2) is 0 Å². The molecule has 2 aromatic rings. The van der Waals surface area contributed by atoms with Crippen molar-refractivity contribution in [2.45, 2.75) is 40.5 Å². The fraction of sp³-hybridized carbons (Fsp3) is 0.304. The van der Waals surface area contributed by atoms with Gasteiger partial charge in [0.15, 0.2) is 0 Å². The summed E-state index contributed by atoms with van der Waals surface area (Å²) in [4.78, 5) is 0. The van der Waals surface area contributed by atoms with Crippen LogP contribution in [0.1, 0.15) is 38.8 Å². The van der Waals surface area contributed by atoms with Crippen molar-refractivity contribution >= 4 is 0 Å². The van der Waals surface area contributed by atoms with Gasteiger partial charge in [0, 0.05) is 28.2 Å². The smallest absolute Gasteiger partial charge is 0.117 e. The quantitative estimate of drug-likeness (QED) is 0.373. The molecule has 0 spiro atoms. The number of aliphatic hydroxyl groups excluding tert-OH is 1. The molecule has 2 aromatic carbocycles. The molecule has 0 aliphatic rings. The van der Waals surface area contributed by atoms with E-state index in [0.717, 1.165) is 30.2 Å². The van der Waals surface area contributed by atoms with E-state index >= 15 is 0 Å². The van der Waals surface area contributed by atoms with E-state index in [0.29, 0.717) is 12.2 Å². The molecule has 0 amide bonds. The molecule has 0 aliphatic carbocycles. The molecule has 0 saturated heterocycles. The van der Waals surface area contributed by atoms with Gasteiger partial charge in [-0.3, -0.25) is 0 Å². The van der Waals surface area contributed by atoms with E-state index in [1.807, 2.05) is 58.0 Å². The van der Waals surface area contributed by atoms with E-state index in [9.17, 15) is 5.11 Å². The summed E-state index contributed by atoms with van der Waals surface area (Å²) >= 11 is 0.